The van der Waals surface area contributed by atoms with Gasteiger partial charge in [-0.05, 0) is 12.1 Å². The van der Waals surface area contributed by atoms with E-state index in [0.717, 1.165) is 11.8 Å². The highest BCUT2D eigenvalue weighted by Crippen LogP contribution is 2.31. The first-order valence-electron chi connectivity index (χ1n) is 5.73. The lowest BCUT2D eigenvalue weighted by Crippen LogP contribution is -2.18. The van der Waals surface area contributed by atoms with Gasteiger partial charge in [-0.2, -0.15) is 0 Å². The molecule has 20 heavy (non-hydrogen) atoms. The van der Waals surface area contributed by atoms with E-state index < -0.39 is 22.7 Å². The van der Waals surface area contributed by atoms with Crippen LogP contribution in [0.1, 0.15) is 17.3 Å². The lowest BCUT2D eigenvalue weighted by Gasteiger charge is -2.07. The van der Waals surface area contributed by atoms with E-state index in [-0.39, 0.29) is 17.0 Å². The SMILES string of the molecule is CNC(=O)c1ccc(SCC(C)C(=O)O)c([N+](=O)[O-])c1. The van der Waals surface area contributed by atoms with Crippen molar-refractivity contribution < 1.29 is 19.6 Å². The molecule has 0 aliphatic rings. The summed E-state index contributed by atoms with van der Waals surface area (Å²) in [6.07, 6.45) is 0. The normalized spacial score (nSPS) is 11.7. The Kier molecular flexibility index (Phi) is 5.51. The third-order valence-corrected chi connectivity index (χ3v) is 3.88. The van der Waals surface area contributed by atoms with Crippen molar-refractivity contribution in [2.75, 3.05) is 12.8 Å². The van der Waals surface area contributed by atoms with Crippen molar-refractivity contribution in [2.45, 2.75) is 11.8 Å². The first-order chi connectivity index (χ1) is 9.36. The van der Waals surface area contributed by atoms with Crippen molar-refractivity contribution in [3.63, 3.8) is 0 Å². The number of carboxylic acids is 1. The molecule has 7 nitrogen and oxygen atoms in total. The summed E-state index contributed by atoms with van der Waals surface area (Å²) in [6, 6.07) is 4.12. The monoisotopic (exact) mass is 298 g/mol. The van der Waals surface area contributed by atoms with Gasteiger partial charge in [0.25, 0.3) is 11.6 Å². The average molecular weight is 298 g/mol. The molecule has 1 rings (SSSR count). The van der Waals surface area contributed by atoms with Crippen molar-refractivity contribution >= 4 is 29.3 Å². The van der Waals surface area contributed by atoms with Gasteiger partial charge in [0.1, 0.15) is 0 Å². The van der Waals surface area contributed by atoms with Crippen LogP contribution in [0.4, 0.5) is 5.69 Å². The highest BCUT2D eigenvalue weighted by Gasteiger charge is 2.19. The van der Waals surface area contributed by atoms with E-state index in [1.54, 1.807) is 0 Å². The number of nitrogens with zero attached hydrogens (tertiary/aromatic N) is 1. The number of rotatable bonds is 6. The number of carbonyl (C=O) groups is 2. The lowest BCUT2D eigenvalue weighted by molar-refractivity contribution is -0.387. The van der Waals surface area contributed by atoms with Crippen LogP contribution in [0.2, 0.25) is 0 Å². The van der Waals surface area contributed by atoms with Gasteiger partial charge >= 0.3 is 5.97 Å². The average Bonchev–Trinajstić information content (AvgIpc) is 2.43. The van der Waals surface area contributed by atoms with Crippen LogP contribution in [0.15, 0.2) is 23.1 Å². The highest BCUT2D eigenvalue weighted by atomic mass is 32.2. The quantitative estimate of drug-likeness (QED) is 0.470. The maximum atomic E-state index is 11.4. The van der Waals surface area contributed by atoms with Crippen molar-refractivity contribution in [1.29, 1.82) is 0 Å². The number of hydrogen-bond donors (Lipinski definition) is 2. The molecule has 0 heterocycles. The molecule has 2 N–H and O–H groups in total. The Hall–Kier alpha value is -2.09. The van der Waals surface area contributed by atoms with Crippen molar-refractivity contribution in [3.05, 3.63) is 33.9 Å². The van der Waals surface area contributed by atoms with Crippen LogP contribution in [0, 0.1) is 16.0 Å². The van der Waals surface area contributed by atoms with Crippen molar-refractivity contribution in [1.82, 2.24) is 5.32 Å². The molecule has 0 saturated heterocycles. The fraction of sp³-hybridized carbons (Fsp3) is 0.333. The van der Waals surface area contributed by atoms with Gasteiger partial charge < -0.3 is 10.4 Å². The minimum Gasteiger partial charge on any atom is -0.481 e. The number of hydrogen-bond acceptors (Lipinski definition) is 5. The molecular weight excluding hydrogens is 284 g/mol. The second kappa shape index (κ2) is 6.90. The maximum Gasteiger partial charge on any atom is 0.307 e. The fourth-order valence-corrected chi connectivity index (χ4v) is 2.37. The van der Waals surface area contributed by atoms with Crippen LogP contribution in [0.5, 0.6) is 0 Å². The molecule has 0 fully saturated rings. The first-order valence-corrected chi connectivity index (χ1v) is 6.71. The molecule has 1 amide bonds. The Morgan fingerprint density at radius 3 is 2.65 bits per heavy atom. The molecule has 0 aromatic heterocycles. The summed E-state index contributed by atoms with van der Waals surface area (Å²) in [5.74, 6) is -1.76. The van der Waals surface area contributed by atoms with Crippen molar-refractivity contribution in [2.24, 2.45) is 5.92 Å². The highest BCUT2D eigenvalue weighted by molar-refractivity contribution is 7.99. The molecule has 0 aliphatic carbocycles. The predicted octanol–water partition coefficient (Wildman–Crippen LogP) is 1.77. The van der Waals surface area contributed by atoms with E-state index in [0.29, 0.717) is 4.90 Å². The van der Waals surface area contributed by atoms with Crippen LogP contribution in [-0.2, 0) is 4.79 Å². The topological polar surface area (TPSA) is 110 Å². The van der Waals surface area contributed by atoms with E-state index >= 15 is 0 Å². The minimum atomic E-state index is -0.956. The summed E-state index contributed by atoms with van der Waals surface area (Å²) in [6.45, 7) is 1.53. The van der Waals surface area contributed by atoms with E-state index in [1.807, 2.05) is 0 Å². The van der Waals surface area contributed by atoms with Crippen LogP contribution < -0.4 is 5.32 Å². The Balaban J connectivity index is 2.99. The molecule has 108 valence electrons. The van der Waals surface area contributed by atoms with Crippen LogP contribution in [-0.4, -0.2) is 34.7 Å². The number of carbonyl (C=O) groups excluding carboxylic acids is 1. The van der Waals surface area contributed by atoms with Crippen molar-refractivity contribution in [3.8, 4) is 0 Å². The lowest BCUT2D eigenvalue weighted by atomic mass is 10.2. The number of nitro benzene ring substituents is 1. The zero-order chi connectivity index (χ0) is 15.3. The van der Waals surface area contributed by atoms with E-state index in [4.69, 9.17) is 5.11 Å². The zero-order valence-corrected chi connectivity index (χ0v) is 11.8. The molecule has 1 unspecified atom stereocenters. The third kappa shape index (κ3) is 3.95. The van der Waals surface area contributed by atoms with Gasteiger partial charge in [-0.3, -0.25) is 19.7 Å². The number of aliphatic carboxylic acids is 1. The predicted molar refractivity (Wildman–Crippen MR) is 74.0 cm³/mol. The van der Waals surface area contributed by atoms with Gasteiger partial charge in [0, 0.05) is 24.4 Å². The van der Waals surface area contributed by atoms with Gasteiger partial charge in [0.15, 0.2) is 0 Å². The van der Waals surface area contributed by atoms with E-state index in [1.165, 1.54) is 32.2 Å². The van der Waals surface area contributed by atoms with Gasteiger partial charge in [0.05, 0.1) is 15.7 Å². The Labute approximate surface area is 119 Å². The number of amides is 1. The largest absolute Gasteiger partial charge is 0.481 e. The smallest absolute Gasteiger partial charge is 0.307 e. The second-order valence-corrected chi connectivity index (χ2v) is 5.13. The number of nitro groups is 1. The summed E-state index contributed by atoms with van der Waals surface area (Å²) >= 11 is 1.09. The number of benzene rings is 1. The van der Waals surface area contributed by atoms with E-state index in [9.17, 15) is 19.7 Å². The molecule has 1 atom stereocenters. The van der Waals surface area contributed by atoms with Crippen LogP contribution in [0.3, 0.4) is 0 Å². The molecule has 0 aliphatic heterocycles. The summed E-state index contributed by atoms with van der Waals surface area (Å²) in [4.78, 5) is 32.9. The standard InChI is InChI=1S/C12H14N2O5S/c1-7(12(16)17)6-20-10-4-3-8(11(15)13-2)5-9(10)14(18)19/h3-5,7H,6H2,1-2H3,(H,13,15)(H,16,17). The summed E-state index contributed by atoms with van der Waals surface area (Å²) < 4.78 is 0. The number of thioether (sulfide) groups is 1. The Morgan fingerprint density at radius 1 is 1.50 bits per heavy atom. The summed E-state index contributed by atoms with van der Waals surface area (Å²) in [5, 5.41) is 22.2. The molecule has 1 aromatic carbocycles. The molecule has 8 heteroatoms. The van der Waals surface area contributed by atoms with Crippen LogP contribution in [0.25, 0.3) is 0 Å². The Morgan fingerprint density at radius 2 is 2.15 bits per heavy atom. The molecule has 0 radical (unpaired) electrons. The molecule has 0 saturated carbocycles. The molecule has 0 bridgehead atoms. The van der Waals surface area contributed by atoms with E-state index in [2.05, 4.69) is 5.32 Å². The van der Waals surface area contributed by atoms with Gasteiger partial charge in [-0.25, -0.2) is 0 Å². The molecule has 1 aromatic rings. The Bertz CT molecular complexity index is 547. The first kappa shape index (κ1) is 16.0. The molecular formula is C12H14N2O5S. The summed E-state index contributed by atoms with van der Waals surface area (Å²) in [5.41, 5.74) is -0.0106. The number of nitrogens with one attached hydrogen (secondary N) is 1. The third-order valence-electron chi connectivity index (χ3n) is 2.56. The van der Waals surface area contributed by atoms with Gasteiger partial charge in [-0.1, -0.05) is 6.92 Å². The maximum absolute atomic E-state index is 11.4. The number of carboxylic acid groups (broad SMARTS) is 1. The second-order valence-electron chi connectivity index (χ2n) is 4.07. The van der Waals surface area contributed by atoms with Gasteiger partial charge in [0.2, 0.25) is 0 Å². The molecule has 0 spiro atoms. The van der Waals surface area contributed by atoms with Gasteiger partial charge in [-0.15, -0.1) is 11.8 Å². The fourth-order valence-electron chi connectivity index (χ4n) is 1.35. The zero-order valence-electron chi connectivity index (χ0n) is 11.0. The minimum absolute atomic E-state index is 0.190. The summed E-state index contributed by atoms with van der Waals surface area (Å²) in [7, 11) is 1.44. The van der Waals surface area contributed by atoms with Crippen LogP contribution >= 0.6 is 11.8 Å².